The lowest BCUT2D eigenvalue weighted by molar-refractivity contribution is 0.111. The Hall–Kier alpha value is -1.38. The van der Waals surface area contributed by atoms with Crippen LogP contribution in [-0.2, 0) is 5.41 Å². The van der Waals surface area contributed by atoms with Gasteiger partial charge < -0.3 is 4.74 Å². The quantitative estimate of drug-likeness (QED) is 0.734. The summed E-state index contributed by atoms with van der Waals surface area (Å²) in [6.45, 7) is 6.22. The van der Waals surface area contributed by atoms with Crippen LogP contribution in [0.2, 0.25) is 0 Å². The predicted octanol–water partition coefficient (Wildman–Crippen LogP) is 2.73. The molecule has 0 radical (unpaired) electrons. The number of hydrogen-bond donors (Lipinski definition) is 0. The Labute approximate surface area is 95.8 Å². The number of carbonyl (C=O) groups is 1. The molecule has 16 heavy (non-hydrogen) atoms. The molecule has 0 atom stereocenters. The van der Waals surface area contributed by atoms with Crippen molar-refractivity contribution in [3.05, 3.63) is 23.5 Å². The van der Waals surface area contributed by atoms with Gasteiger partial charge in [0.2, 0.25) is 0 Å². The molecule has 0 aromatic carbocycles. The van der Waals surface area contributed by atoms with Crippen LogP contribution < -0.4 is 4.74 Å². The summed E-state index contributed by atoms with van der Waals surface area (Å²) >= 11 is 0. The molecule has 86 valence electrons. The molecule has 0 unspecified atom stereocenters. The van der Waals surface area contributed by atoms with E-state index in [4.69, 9.17) is 4.74 Å². The van der Waals surface area contributed by atoms with Crippen LogP contribution in [-0.4, -0.2) is 17.4 Å². The van der Waals surface area contributed by atoms with Crippen molar-refractivity contribution in [2.75, 3.05) is 0 Å². The molecule has 3 heteroatoms. The van der Waals surface area contributed by atoms with Gasteiger partial charge in [-0.15, -0.1) is 0 Å². The standard InChI is InChI=1S/C13H17NO2/c1-13(2,3)12-11(16-10-5-6-10)7-4-9(8-15)14-12/h4,7-8,10H,5-6H2,1-3H3. The highest BCUT2D eigenvalue weighted by molar-refractivity contribution is 5.72. The molecule has 1 heterocycles. The van der Waals surface area contributed by atoms with E-state index in [-0.39, 0.29) is 5.41 Å². The van der Waals surface area contributed by atoms with E-state index in [1.807, 2.05) is 6.07 Å². The zero-order valence-corrected chi connectivity index (χ0v) is 9.99. The number of aromatic nitrogens is 1. The lowest BCUT2D eigenvalue weighted by atomic mass is 9.90. The zero-order chi connectivity index (χ0) is 11.8. The summed E-state index contributed by atoms with van der Waals surface area (Å²) in [4.78, 5) is 15.1. The Morgan fingerprint density at radius 1 is 1.38 bits per heavy atom. The Balaban J connectivity index is 2.37. The van der Waals surface area contributed by atoms with Crippen LogP contribution in [0.4, 0.5) is 0 Å². The summed E-state index contributed by atoms with van der Waals surface area (Å²) in [5, 5.41) is 0. The van der Waals surface area contributed by atoms with Crippen molar-refractivity contribution in [2.24, 2.45) is 0 Å². The summed E-state index contributed by atoms with van der Waals surface area (Å²) in [7, 11) is 0. The highest BCUT2D eigenvalue weighted by Crippen LogP contribution is 2.34. The van der Waals surface area contributed by atoms with E-state index in [9.17, 15) is 4.79 Å². The molecule has 1 fully saturated rings. The molecule has 1 aliphatic rings. The third-order valence-electron chi connectivity index (χ3n) is 2.53. The second kappa shape index (κ2) is 3.89. The van der Waals surface area contributed by atoms with Gasteiger partial charge in [0.25, 0.3) is 0 Å². The average Bonchev–Trinajstić information content (AvgIpc) is 3.01. The van der Waals surface area contributed by atoms with Crippen LogP contribution in [0.5, 0.6) is 5.75 Å². The normalized spacial score (nSPS) is 15.9. The van der Waals surface area contributed by atoms with Crippen molar-refractivity contribution < 1.29 is 9.53 Å². The highest BCUT2D eigenvalue weighted by atomic mass is 16.5. The maximum atomic E-state index is 10.7. The van der Waals surface area contributed by atoms with Gasteiger partial charge in [0.15, 0.2) is 6.29 Å². The summed E-state index contributed by atoms with van der Waals surface area (Å²) in [5.41, 5.74) is 1.22. The number of nitrogens with zero attached hydrogens (tertiary/aromatic N) is 1. The number of pyridine rings is 1. The van der Waals surface area contributed by atoms with Gasteiger partial charge in [0, 0.05) is 5.41 Å². The molecular weight excluding hydrogens is 202 g/mol. The molecule has 2 rings (SSSR count). The Kier molecular flexibility index (Phi) is 2.70. The first-order valence-electron chi connectivity index (χ1n) is 5.64. The maximum absolute atomic E-state index is 10.7. The Morgan fingerprint density at radius 3 is 2.56 bits per heavy atom. The molecule has 1 aliphatic carbocycles. The number of aldehydes is 1. The van der Waals surface area contributed by atoms with E-state index in [1.165, 1.54) is 0 Å². The van der Waals surface area contributed by atoms with E-state index < -0.39 is 0 Å². The molecule has 1 saturated carbocycles. The molecule has 1 aromatic heterocycles. The molecule has 0 aliphatic heterocycles. The van der Waals surface area contributed by atoms with Crippen LogP contribution in [0.25, 0.3) is 0 Å². The van der Waals surface area contributed by atoms with E-state index in [0.29, 0.717) is 11.8 Å². The molecule has 0 amide bonds. The first-order valence-corrected chi connectivity index (χ1v) is 5.64. The van der Waals surface area contributed by atoms with Crippen LogP contribution >= 0.6 is 0 Å². The van der Waals surface area contributed by atoms with Crippen molar-refractivity contribution >= 4 is 6.29 Å². The second-order valence-electron chi connectivity index (χ2n) is 5.27. The minimum Gasteiger partial charge on any atom is -0.488 e. The van der Waals surface area contributed by atoms with Crippen molar-refractivity contribution in [2.45, 2.75) is 45.1 Å². The van der Waals surface area contributed by atoms with Crippen LogP contribution in [0.1, 0.15) is 49.8 Å². The van der Waals surface area contributed by atoms with Gasteiger partial charge >= 0.3 is 0 Å². The number of hydrogen-bond acceptors (Lipinski definition) is 3. The Bertz CT molecular complexity index is 403. The maximum Gasteiger partial charge on any atom is 0.168 e. The molecule has 1 aromatic rings. The fourth-order valence-electron chi connectivity index (χ4n) is 1.52. The molecule has 3 nitrogen and oxygen atoms in total. The Morgan fingerprint density at radius 2 is 2.06 bits per heavy atom. The number of rotatable bonds is 3. The zero-order valence-electron chi connectivity index (χ0n) is 9.99. The van der Waals surface area contributed by atoms with Crippen molar-refractivity contribution in [1.82, 2.24) is 4.98 Å². The average molecular weight is 219 g/mol. The van der Waals surface area contributed by atoms with Crippen LogP contribution in [0.15, 0.2) is 12.1 Å². The third kappa shape index (κ3) is 2.40. The van der Waals surface area contributed by atoms with Gasteiger partial charge in [-0.25, -0.2) is 4.98 Å². The molecular formula is C13H17NO2. The van der Waals surface area contributed by atoms with Gasteiger partial charge in [0.1, 0.15) is 11.4 Å². The lowest BCUT2D eigenvalue weighted by Gasteiger charge is -2.21. The van der Waals surface area contributed by atoms with Crippen molar-refractivity contribution in [3.8, 4) is 5.75 Å². The van der Waals surface area contributed by atoms with Gasteiger partial charge in [0.05, 0.1) is 11.8 Å². The van der Waals surface area contributed by atoms with E-state index in [0.717, 1.165) is 30.6 Å². The largest absolute Gasteiger partial charge is 0.488 e. The summed E-state index contributed by atoms with van der Waals surface area (Å²) in [6.07, 6.45) is 3.37. The molecule has 0 N–H and O–H groups in total. The monoisotopic (exact) mass is 219 g/mol. The van der Waals surface area contributed by atoms with E-state index in [2.05, 4.69) is 25.8 Å². The van der Waals surface area contributed by atoms with Crippen molar-refractivity contribution in [3.63, 3.8) is 0 Å². The number of carbonyl (C=O) groups excluding carboxylic acids is 1. The van der Waals surface area contributed by atoms with Crippen LogP contribution in [0.3, 0.4) is 0 Å². The van der Waals surface area contributed by atoms with Crippen LogP contribution in [0, 0.1) is 0 Å². The summed E-state index contributed by atoms with van der Waals surface area (Å²) in [6, 6.07) is 3.57. The van der Waals surface area contributed by atoms with Gasteiger partial charge in [-0.05, 0) is 25.0 Å². The van der Waals surface area contributed by atoms with Gasteiger partial charge in [-0.3, -0.25) is 4.79 Å². The van der Waals surface area contributed by atoms with Crippen molar-refractivity contribution in [1.29, 1.82) is 0 Å². The second-order valence-corrected chi connectivity index (χ2v) is 5.27. The smallest absolute Gasteiger partial charge is 0.168 e. The summed E-state index contributed by atoms with van der Waals surface area (Å²) in [5.74, 6) is 0.820. The SMILES string of the molecule is CC(C)(C)c1nc(C=O)ccc1OC1CC1. The molecule has 0 spiro atoms. The first-order chi connectivity index (χ1) is 7.50. The summed E-state index contributed by atoms with van der Waals surface area (Å²) < 4.78 is 5.80. The van der Waals surface area contributed by atoms with Gasteiger partial charge in [-0.2, -0.15) is 0 Å². The fraction of sp³-hybridized carbons (Fsp3) is 0.538. The minimum absolute atomic E-state index is 0.108. The first kappa shape index (κ1) is 11.1. The van der Waals surface area contributed by atoms with Gasteiger partial charge in [-0.1, -0.05) is 20.8 Å². The number of ether oxygens (including phenoxy) is 1. The van der Waals surface area contributed by atoms with E-state index >= 15 is 0 Å². The van der Waals surface area contributed by atoms with E-state index in [1.54, 1.807) is 6.07 Å². The third-order valence-corrected chi connectivity index (χ3v) is 2.53. The molecule has 0 saturated heterocycles. The minimum atomic E-state index is -0.108. The predicted molar refractivity (Wildman–Crippen MR) is 62.0 cm³/mol. The highest BCUT2D eigenvalue weighted by Gasteiger charge is 2.28. The lowest BCUT2D eigenvalue weighted by Crippen LogP contribution is -2.17. The topological polar surface area (TPSA) is 39.2 Å². The fourth-order valence-corrected chi connectivity index (χ4v) is 1.52. The molecule has 0 bridgehead atoms.